The van der Waals surface area contributed by atoms with Gasteiger partial charge in [0.1, 0.15) is 5.82 Å². The molecular formula is C10H11BrN2. The van der Waals surface area contributed by atoms with Crippen LogP contribution in [0.25, 0.3) is 5.52 Å². The van der Waals surface area contributed by atoms with E-state index < -0.39 is 0 Å². The van der Waals surface area contributed by atoms with Crippen LogP contribution in [0.5, 0.6) is 0 Å². The maximum Gasteiger partial charge on any atom is 0.113 e. The number of aromatic nitrogens is 2. The van der Waals surface area contributed by atoms with Gasteiger partial charge in [-0.15, -0.1) is 0 Å². The summed E-state index contributed by atoms with van der Waals surface area (Å²) in [6, 6.07) is 4.13. The second-order valence-corrected chi connectivity index (χ2v) is 3.99. The third-order valence-electron chi connectivity index (χ3n) is 2.17. The zero-order valence-electron chi connectivity index (χ0n) is 7.71. The van der Waals surface area contributed by atoms with Gasteiger partial charge in [-0.25, -0.2) is 4.98 Å². The Kier molecular flexibility index (Phi) is 2.12. The van der Waals surface area contributed by atoms with Crippen LogP contribution in [0.3, 0.4) is 0 Å². The molecule has 0 aliphatic heterocycles. The average Bonchev–Trinajstić information content (AvgIpc) is 2.42. The fraction of sp³-hybridized carbons (Fsp3) is 0.300. The number of imidazole rings is 1. The SMILES string of the molecule is CCc1nc(C)c2ccc(Br)cn12. The Morgan fingerprint density at radius 3 is 2.92 bits per heavy atom. The first-order valence-corrected chi connectivity index (χ1v) is 5.14. The first kappa shape index (κ1) is 8.75. The van der Waals surface area contributed by atoms with Gasteiger partial charge in [0, 0.05) is 17.1 Å². The van der Waals surface area contributed by atoms with E-state index in [1.54, 1.807) is 0 Å². The van der Waals surface area contributed by atoms with Gasteiger partial charge in [0.15, 0.2) is 0 Å². The van der Waals surface area contributed by atoms with Gasteiger partial charge in [-0.3, -0.25) is 0 Å². The Bertz CT molecular complexity index is 445. The van der Waals surface area contributed by atoms with Crippen LogP contribution in [0, 0.1) is 6.92 Å². The second-order valence-electron chi connectivity index (χ2n) is 3.07. The Labute approximate surface area is 85.7 Å². The third kappa shape index (κ3) is 1.37. The van der Waals surface area contributed by atoms with Gasteiger partial charge in [0.2, 0.25) is 0 Å². The van der Waals surface area contributed by atoms with Crippen LogP contribution in [0.4, 0.5) is 0 Å². The molecule has 2 aromatic heterocycles. The highest BCUT2D eigenvalue weighted by atomic mass is 79.9. The van der Waals surface area contributed by atoms with E-state index in [4.69, 9.17) is 0 Å². The van der Waals surface area contributed by atoms with Crippen molar-refractivity contribution in [2.24, 2.45) is 0 Å². The van der Waals surface area contributed by atoms with Crippen molar-refractivity contribution >= 4 is 21.4 Å². The minimum Gasteiger partial charge on any atom is -0.302 e. The molecule has 0 saturated heterocycles. The number of hydrogen-bond acceptors (Lipinski definition) is 1. The summed E-state index contributed by atoms with van der Waals surface area (Å²) in [6.45, 7) is 4.16. The van der Waals surface area contributed by atoms with Gasteiger partial charge in [-0.2, -0.15) is 0 Å². The molecule has 0 saturated carbocycles. The van der Waals surface area contributed by atoms with Crippen molar-refractivity contribution in [2.45, 2.75) is 20.3 Å². The van der Waals surface area contributed by atoms with Crippen molar-refractivity contribution in [1.29, 1.82) is 0 Å². The van der Waals surface area contributed by atoms with Crippen molar-refractivity contribution < 1.29 is 0 Å². The summed E-state index contributed by atoms with van der Waals surface area (Å²) in [7, 11) is 0. The molecule has 0 atom stereocenters. The zero-order valence-corrected chi connectivity index (χ0v) is 9.30. The summed E-state index contributed by atoms with van der Waals surface area (Å²) in [6.07, 6.45) is 3.03. The number of fused-ring (bicyclic) bond motifs is 1. The van der Waals surface area contributed by atoms with Crippen molar-refractivity contribution in [1.82, 2.24) is 9.38 Å². The van der Waals surface area contributed by atoms with Crippen LogP contribution in [0.15, 0.2) is 22.8 Å². The predicted molar refractivity (Wildman–Crippen MR) is 57.0 cm³/mol. The van der Waals surface area contributed by atoms with E-state index in [0.29, 0.717) is 0 Å². The Morgan fingerprint density at radius 1 is 1.46 bits per heavy atom. The number of rotatable bonds is 1. The number of halogens is 1. The molecular weight excluding hydrogens is 228 g/mol. The number of aryl methyl sites for hydroxylation is 2. The summed E-state index contributed by atoms with van der Waals surface area (Å²) in [5, 5.41) is 0. The zero-order chi connectivity index (χ0) is 9.42. The number of pyridine rings is 1. The molecule has 0 aromatic carbocycles. The predicted octanol–water partition coefficient (Wildman–Crippen LogP) is 2.97. The molecule has 0 amide bonds. The van der Waals surface area contributed by atoms with Crippen LogP contribution < -0.4 is 0 Å². The first-order valence-electron chi connectivity index (χ1n) is 4.35. The Balaban J connectivity index is 2.81. The van der Waals surface area contributed by atoms with E-state index in [1.165, 1.54) is 5.52 Å². The lowest BCUT2D eigenvalue weighted by Crippen LogP contribution is -1.91. The van der Waals surface area contributed by atoms with E-state index in [2.05, 4.69) is 44.5 Å². The lowest BCUT2D eigenvalue weighted by atomic mass is 10.3. The topological polar surface area (TPSA) is 17.3 Å². The van der Waals surface area contributed by atoms with Gasteiger partial charge < -0.3 is 4.40 Å². The van der Waals surface area contributed by atoms with Gasteiger partial charge in [0.05, 0.1) is 11.2 Å². The van der Waals surface area contributed by atoms with Crippen molar-refractivity contribution in [3.05, 3.63) is 34.3 Å². The van der Waals surface area contributed by atoms with Gasteiger partial charge in [-0.05, 0) is 35.0 Å². The van der Waals surface area contributed by atoms with Crippen LogP contribution in [0.2, 0.25) is 0 Å². The molecule has 0 aliphatic carbocycles. The molecule has 0 unspecified atom stereocenters. The molecule has 13 heavy (non-hydrogen) atoms. The maximum atomic E-state index is 4.49. The van der Waals surface area contributed by atoms with Crippen molar-refractivity contribution in [3.8, 4) is 0 Å². The summed E-state index contributed by atoms with van der Waals surface area (Å²) in [5.74, 6) is 1.12. The lowest BCUT2D eigenvalue weighted by molar-refractivity contribution is 0.927. The maximum absolute atomic E-state index is 4.49. The highest BCUT2D eigenvalue weighted by Gasteiger charge is 2.05. The van der Waals surface area contributed by atoms with Crippen LogP contribution in [0.1, 0.15) is 18.4 Å². The average molecular weight is 239 g/mol. The fourth-order valence-corrected chi connectivity index (χ4v) is 1.87. The molecule has 68 valence electrons. The van der Waals surface area contributed by atoms with E-state index in [-0.39, 0.29) is 0 Å². The van der Waals surface area contributed by atoms with Gasteiger partial charge in [0.25, 0.3) is 0 Å². The second kappa shape index (κ2) is 3.14. The molecule has 2 heterocycles. The molecule has 2 aromatic rings. The summed E-state index contributed by atoms with van der Waals surface area (Å²) >= 11 is 3.46. The van der Waals surface area contributed by atoms with Crippen molar-refractivity contribution in [3.63, 3.8) is 0 Å². The third-order valence-corrected chi connectivity index (χ3v) is 2.64. The molecule has 2 rings (SSSR count). The minimum absolute atomic E-state index is 0.964. The first-order chi connectivity index (χ1) is 6.22. The fourth-order valence-electron chi connectivity index (χ4n) is 1.54. The quantitative estimate of drug-likeness (QED) is 0.747. The smallest absolute Gasteiger partial charge is 0.113 e. The number of hydrogen-bond donors (Lipinski definition) is 0. The normalized spacial score (nSPS) is 11.0. The standard InChI is InChI=1S/C10H11BrN2/c1-3-10-12-7(2)9-5-4-8(11)6-13(9)10/h4-6H,3H2,1-2H3. The molecule has 0 N–H and O–H groups in total. The van der Waals surface area contributed by atoms with E-state index in [1.807, 2.05) is 13.0 Å². The molecule has 0 spiro atoms. The van der Waals surface area contributed by atoms with Gasteiger partial charge >= 0.3 is 0 Å². The molecule has 2 nitrogen and oxygen atoms in total. The molecule has 3 heteroatoms. The Hall–Kier alpha value is -0.830. The van der Waals surface area contributed by atoms with Crippen molar-refractivity contribution in [2.75, 3.05) is 0 Å². The van der Waals surface area contributed by atoms with Crippen LogP contribution >= 0.6 is 15.9 Å². The largest absolute Gasteiger partial charge is 0.302 e. The van der Waals surface area contributed by atoms with E-state index in [9.17, 15) is 0 Å². The molecule has 0 fully saturated rings. The van der Waals surface area contributed by atoms with E-state index in [0.717, 1.165) is 22.4 Å². The monoisotopic (exact) mass is 238 g/mol. The number of nitrogens with zero attached hydrogens (tertiary/aromatic N) is 2. The summed E-state index contributed by atoms with van der Waals surface area (Å²) in [4.78, 5) is 4.49. The van der Waals surface area contributed by atoms with Gasteiger partial charge in [-0.1, -0.05) is 6.92 Å². The van der Waals surface area contributed by atoms with Crippen LogP contribution in [-0.4, -0.2) is 9.38 Å². The molecule has 0 bridgehead atoms. The lowest BCUT2D eigenvalue weighted by Gasteiger charge is -1.98. The molecule has 0 radical (unpaired) electrons. The summed E-state index contributed by atoms with van der Waals surface area (Å²) < 4.78 is 3.23. The Morgan fingerprint density at radius 2 is 2.23 bits per heavy atom. The highest BCUT2D eigenvalue weighted by molar-refractivity contribution is 9.10. The highest BCUT2D eigenvalue weighted by Crippen LogP contribution is 2.17. The molecule has 0 aliphatic rings. The van der Waals surface area contributed by atoms with E-state index >= 15 is 0 Å². The minimum atomic E-state index is 0.964. The van der Waals surface area contributed by atoms with Crippen LogP contribution in [-0.2, 0) is 6.42 Å². The summed E-state index contributed by atoms with van der Waals surface area (Å²) in [5.41, 5.74) is 2.30.